The largest absolute Gasteiger partial charge is 0.492 e. The Morgan fingerprint density at radius 2 is 1.88 bits per heavy atom. The maximum Gasteiger partial charge on any atom is 0.119 e. The quantitative estimate of drug-likeness (QED) is 0.676. The lowest BCUT2D eigenvalue weighted by Gasteiger charge is -2.20. The molecular formula is C13H19BrClNO. The van der Waals surface area contributed by atoms with Crippen LogP contribution in [0.15, 0.2) is 28.7 Å². The lowest BCUT2D eigenvalue weighted by atomic mass is 10.3. The molecule has 0 amide bonds. The van der Waals surface area contributed by atoms with Crippen molar-refractivity contribution in [3.63, 3.8) is 0 Å². The van der Waals surface area contributed by atoms with E-state index in [0.717, 1.165) is 36.3 Å². The lowest BCUT2D eigenvalue weighted by Crippen LogP contribution is -2.31. The van der Waals surface area contributed by atoms with Crippen LogP contribution in [0.2, 0.25) is 0 Å². The first-order valence-electron chi connectivity index (χ1n) is 5.93. The minimum absolute atomic E-state index is 0.679. The third-order valence-corrected chi connectivity index (χ3v) is 3.13. The van der Waals surface area contributed by atoms with Crippen LogP contribution in [0.3, 0.4) is 0 Å². The van der Waals surface area contributed by atoms with Gasteiger partial charge in [0.05, 0.1) is 0 Å². The van der Waals surface area contributed by atoms with Crippen LogP contribution in [0.5, 0.6) is 5.75 Å². The van der Waals surface area contributed by atoms with Crippen molar-refractivity contribution in [3.05, 3.63) is 28.7 Å². The molecule has 0 spiro atoms. The maximum absolute atomic E-state index is 5.76. The number of alkyl halides is 1. The van der Waals surface area contributed by atoms with Crippen LogP contribution in [0.4, 0.5) is 0 Å². The molecule has 0 saturated heterocycles. The molecule has 0 aliphatic rings. The first-order chi connectivity index (χ1) is 8.26. The van der Waals surface area contributed by atoms with Gasteiger partial charge in [-0.2, -0.15) is 0 Å². The molecule has 0 aliphatic carbocycles. The fourth-order valence-electron chi connectivity index (χ4n) is 1.59. The lowest BCUT2D eigenvalue weighted by molar-refractivity contribution is 0.217. The summed E-state index contributed by atoms with van der Waals surface area (Å²) >= 11 is 9.16. The van der Waals surface area contributed by atoms with Crippen LogP contribution >= 0.6 is 27.5 Å². The molecular weight excluding hydrogens is 302 g/mol. The topological polar surface area (TPSA) is 12.5 Å². The second-order valence-electron chi connectivity index (χ2n) is 3.83. The van der Waals surface area contributed by atoms with Crippen molar-refractivity contribution in [2.24, 2.45) is 0 Å². The van der Waals surface area contributed by atoms with Gasteiger partial charge in [-0.25, -0.2) is 0 Å². The molecule has 1 aromatic rings. The molecule has 0 saturated carbocycles. The normalized spacial score (nSPS) is 10.8. The molecule has 1 aromatic carbocycles. The minimum atomic E-state index is 0.679. The van der Waals surface area contributed by atoms with Crippen LogP contribution in [-0.2, 0) is 0 Å². The molecule has 0 unspecified atom stereocenters. The molecule has 4 heteroatoms. The highest BCUT2D eigenvalue weighted by molar-refractivity contribution is 9.10. The molecule has 96 valence electrons. The van der Waals surface area contributed by atoms with E-state index in [2.05, 4.69) is 27.8 Å². The molecule has 0 atom stereocenters. The van der Waals surface area contributed by atoms with E-state index in [1.54, 1.807) is 0 Å². The first kappa shape index (κ1) is 14.8. The molecule has 0 aliphatic heterocycles. The van der Waals surface area contributed by atoms with E-state index in [1.165, 1.54) is 0 Å². The Balaban J connectivity index is 2.27. The zero-order valence-electron chi connectivity index (χ0n) is 10.2. The summed E-state index contributed by atoms with van der Waals surface area (Å²) in [5, 5.41) is 0. The second kappa shape index (κ2) is 8.78. The summed E-state index contributed by atoms with van der Waals surface area (Å²) in [6.45, 7) is 5.82. The molecule has 2 nitrogen and oxygen atoms in total. The Kier molecular flexibility index (Phi) is 7.65. The van der Waals surface area contributed by atoms with Crippen molar-refractivity contribution in [1.82, 2.24) is 4.90 Å². The summed E-state index contributed by atoms with van der Waals surface area (Å²) in [6, 6.07) is 7.90. The van der Waals surface area contributed by atoms with Crippen LogP contribution in [0, 0.1) is 0 Å². The fraction of sp³-hybridized carbons (Fsp3) is 0.538. The molecule has 0 N–H and O–H groups in total. The summed E-state index contributed by atoms with van der Waals surface area (Å²) in [6.07, 6.45) is 1.15. The van der Waals surface area contributed by atoms with E-state index >= 15 is 0 Å². The van der Waals surface area contributed by atoms with Crippen molar-refractivity contribution in [2.45, 2.75) is 13.3 Å². The Morgan fingerprint density at radius 1 is 1.18 bits per heavy atom. The zero-order valence-corrected chi connectivity index (χ0v) is 12.5. The molecule has 17 heavy (non-hydrogen) atoms. The van der Waals surface area contributed by atoms with Crippen molar-refractivity contribution >= 4 is 27.5 Å². The number of rotatable bonds is 8. The van der Waals surface area contributed by atoms with Gasteiger partial charge in [-0.3, -0.25) is 4.90 Å². The average molecular weight is 321 g/mol. The van der Waals surface area contributed by atoms with Gasteiger partial charge in [0.15, 0.2) is 0 Å². The maximum atomic E-state index is 5.76. The van der Waals surface area contributed by atoms with Gasteiger partial charge in [0.2, 0.25) is 0 Å². The Bertz CT molecular complexity index is 299. The average Bonchev–Trinajstić information content (AvgIpc) is 2.32. The zero-order chi connectivity index (χ0) is 12.5. The molecule has 0 aromatic heterocycles. The van der Waals surface area contributed by atoms with Crippen molar-refractivity contribution in [2.75, 3.05) is 32.1 Å². The van der Waals surface area contributed by atoms with Gasteiger partial charge in [-0.05, 0) is 37.2 Å². The van der Waals surface area contributed by atoms with E-state index in [9.17, 15) is 0 Å². The van der Waals surface area contributed by atoms with Gasteiger partial charge in [-0.1, -0.05) is 22.9 Å². The van der Waals surface area contributed by atoms with Gasteiger partial charge in [-0.15, -0.1) is 11.6 Å². The predicted octanol–water partition coefficient (Wildman–Crippen LogP) is 3.78. The van der Waals surface area contributed by atoms with Gasteiger partial charge in [0.25, 0.3) is 0 Å². The Labute approximate surface area is 117 Å². The van der Waals surface area contributed by atoms with E-state index in [4.69, 9.17) is 16.3 Å². The van der Waals surface area contributed by atoms with E-state index in [1.807, 2.05) is 24.3 Å². The summed E-state index contributed by atoms with van der Waals surface area (Å²) in [7, 11) is 0. The summed E-state index contributed by atoms with van der Waals surface area (Å²) < 4.78 is 6.75. The molecule has 0 radical (unpaired) electrons. The van der Waals surface area contributed by atoms with E-state index in [0.29, 0.717) is 12.5 Å². The Morgan fingerprint density at radius 3 is 2.47 bits per heavy atom. The van der Waals surface area contributed by atoms with Gasteiger partial charge in [0.1, 0.15) is 12.4 Å². The van der Waals surface area contributed by atoms with Crippen molar-refractivity contribution in [3.8, 4) is 5.75 Å². The van der Waals surface area contributed by atoms with Gasteiger partial charge in [0, 0.05) is 23.4 Å². The van der Waals surface area contributed by atoms with Crippen molar-refractivity contribution < 1.29 is 4.74 Å². The summed E-state index contributed by atoms with van der Waals surface area (Å²) in [5.74, 6) is 1.59. The monoisotopic (exact) mass is 319 g/mol. The number of ether oxygens (including phenoxy) is 1. The smallest absolute Gasteiger partial charge is 0.119 e. The number of hydrogen-bond acceptors (Lipinski definition) is 2. The first-order valence-corrected chi connectivity index (χ1v) is 7.25. The van der Waals surface area contributed by atoms with Gasteiger partial charge < -0.3 is 4.74 Å². The number of hydrogen-bond donors (Lipinski definition) is 0. The molecule has 0 bridgehead atoms. The SMILES string of the molecule is CCCN(CCCl)CCOc1ccc(Br)cc1. The highest BCUT2D eigenvalue weighted by Gasteiger charge is 2.03. The third kappa shape index (κ3) is 6.29. The van der Waals surface area contributed by atoms with Gasteiger partial charge >= 0.3 is 0 Å². The van der Waals surface area contributed by atoms with Crippen molar-refractivity contribution in [1.29, 1.82) is 0 Å². The second-order valence-corrected chi connectivity index (χ2v) is 5.13. The van der Waals surface area contributed by atoms with Crippen LogP contribution in [0.25, 0.3) is 0 Å². The summed E-state index contributed by atoms with van der Waals surface area (Å²) in [5.41, 5.74) is 0. The standard InChI is InChI=1S/C13H19BrClNO/c1-2-8-16(9-7-15)10-11-17-13-5-3-12(14)4-6-13/h3-6H,2,7-11H2,1H3. The summed E-state index contributed by atoms with van der Waals surface area (Å²) in [4.78, 5) is 2.33. The molecule has 0 heterocycles. The highest BCUT2D eigenvalue weighted by Crippen LogP contribution is 2.15. The number of halogens is 2. The van der Waals surface area contributed by atoms with Crippen LogP contribution in [-0.4, -0.2) is 37.0 Å². The number of benzene rings is 1. The minimum Gasteiger partial charge on any atom is -0.492 e. The molecule has 1 rings (SSSR count). The fourth-order valence-corrected chi connectivity index (χ4v) is 2.10. The van der Waals surface area contributed by atoms with Crippen LogP contribution < -0.4 is 4.74 Å². The predicted molar refractivity (Wildman–Crippen MR) is 77.1 cm³/mol. The number of nitrogens with zero attached hydrogens (tertiary/aromatic N) is 1. The van der Waals surface area contributed by atoms with E-state index < -0.39 is 0 Å². The van der Waals surface area contributed by atoms with E-state index in [-0.39, 0.29) is 0 Å². The Hall–Kier alpha value is -0.250. The molecule has 0 fully saturated rings. The van der Waals surface area contributed by atoms with Crippen LogP contribution in [0.1, 0.15) is 13.3 Å². The third-order valence-electron chi connectivity index (χ3n) is 2.43. The highest BCUT2D eigenvalue weighted by atomic mass is 79.9.